The number of likely N-dealkylation sites (tertiary alicyclic amines) is 1. The fourth-order valence-corrected chi connectivity index (χ4v) is 3.70. The lowest BCUT2D eigenvalue weighted by atomic mass is 10.00. The van der Waals surface area contributed by atoms with E-state index in [1.54, 1.807) is 12.5 Å². The van der Waals surface area contributed by atoms with Crippen molar-refractivity contribution < 1.29 is 9.84 Å². The van der Waals surface area contributed by atoms with Crippen LogP contribution >= 0.6 is 0 Å². The molecule has 1 aliphatic heterocycles. The number of rotatable bonds is 8. The van der Waals surface area contributed by atoms with E-state index in [2.05, 4.69) is 27.0 Å². The van der Waals surface area contributed by atoms with Gasteiger partial charge in [0.05, 0.1) is 19.0 Å². The minimum Gasteiger partial charge on any atom is -0.492 e. The van der Waals surface area contributed by atoms with E-state index in [9.17, 15) is 5.11 Å². The predicted molar refractivity (Wildman–Crippen MR) is 107 cm³/mol. The molecule has 0 unspecified atom stereocenters. The van der Waals surface area contributed by atoms with Crippen molar-refractivity contribution >= 4 is 0 Å². The molecule has 146 valence electrons. The van der Waals surface area contributed by atoms with Gasteiger partial charge in [-0.05, 0) is 36.2 Å². The number of hydrogen-bond donors (Lipinski definition) is 1. The Hall–Kier alpha value is -2.70. The van der Waals surface area contributed by atoms with E-state index in [0.29, 0.717) is 13.2 Å². The van der Waals surface area contributed by atoms with E-state index in [1.807, 2.05) is 47.3 Å². The average molecular weight is 378 g/mol. The highest BCUT2D eigenvalue weighted by Crippen LogP contribution is 2.23. The Labute approximate surface area is 165 Å². The van der Waals surface area contributed by atoms with Crippen molar-refractivity contribution in [2.45, 2.75) is 25.6 Å². The van der Waals surface area contributed by atoms with Crippen LogP contribution in [0.2, 0.25) is 0 Å². The fourth-order valence-electron chi connectivity index (χ4n) is 3.70. The molecule has 28 heavy (non-hydrogen) atoms. The van der Waals surface area contributed by atoms with Crippen molar-refractivity contribution in [1.82, 2.24) is 19.4 Å². The van der Waals surface area contributed by atoms with Crippen LogP contribution in [-0.2, 0) is 19.5 Å². The van der Waals surface area contributed by atoms with Gasteiger partial charge in [0.1, 0.15) is 12.4 Å². The molecular weight excluding hydrogens is 352 g/mol. The van der Waals surface area contributed by atoms with E-state index in [0.717, 1.165) is 37.5 Å². The molecular formula is C22H26N4O2. The molecule has 2 atom stereocenters. The number of pyridine rings is 1. The van der Waals surface area contributed by atoms with Gasteiger partial charge < -0.3 is 14.4 Å². The van der Waals surface area contributed by atoms with E-state index >= 15 is 0 Å². The number of aromatic nitrogens is 3. The Kier molecular flexibility index (Phi) is 5.99. The monoisotopic (exact) mass is 378 g/mol. The lowest BCUT2D eigenvalue weighted by Gasteiger charge is -2.16. The third-order valence-corrected chi connectivity index (χ3v) is 5.19. The summed E-state index contributed by atoms with van der Waals surface area (Å²) in [6.07, 6.45) is 7.82. The molecule has 2 aromatic heterocycles. The van der Waals surface area contributed by atoms with Crippen LogP contribution in [0.3, 0.4) is 0 Å². The predicted octanol–water partition coefficient (Wildman–Crippen LogP) is 2.39. The molecule has 0 spiro atoms. The van der Waals surface area contributed by atoms with Crippen LogP contribution in [-0.4, -0.2) is 50.3 Å². The van der Waals surface area contributed by atoms with Crippen LogP contribution in [0.4, 0.5) is 0 Å². The topological polar surface area (TPSA) is 63.4 Å². The van der Waals surface area contributed by atoms with Crippen LogP contribution in [0.5, 0.6) is 5.75 Å². The molecule has 3 heterocycles. The van der Waals surface area contributed by atoms with E-state index in [-0.39, 0.29) is 12.0 Å². The quantitative estimate of drug-likeness (QED) is 0.652. The molecule has 0 amide bonds. The van der Waals surface area contributed by atoms with Gasteiger partial charge in [0, 0.05) is 49.8 Å². The first-order valence-electron chi connectivity index (χ1n) is 9.74. The maximum atomic E-state index is 10.4. The zero-order valence-corrected chi connectivity index (χ0v) is 15.9. The highest BCUT2D eigenvalue weighted by molar-refractivity contribution is 5.27. The number of hydrogen-bond acceptors (Lipinski definition) is 5. The first-order chi connectivity index (χ1) is 13.8. The standard InChI is InChI=1S/C22H26N4O2/c27-22-16-26(15-19(22)13-20-3-1-2-8-24-20)14-18-4-6-21(7-5-18)28-12-11-25-10-9-23-17-25/h1-10,17,19,22,27H,11-16H2/t19-,22-/m1/s1. The van der Waals surface area contributed by atoms with Gasteiger partial charge >= 0.3 is 0 Å². The largest absolute Gasteiger partial charge is 0.492 e. The lowest BCUT2D eigenvalue weighted by molar-refractivity contribution is 0.140. The summed E-state index contributed by atoms with van der Waals surface area (Å²) < 4.78 is 7.79. The van der Waals surface area contributed by atoms with Gasteiger partial charge in [-0.2, -0.15) is 0 Å². The molecule has 6 heteroatoms. The maximum Gasteiger partial charge on any atom is 0.119 e. The second-order valence-electron chi connectivity index (χ2n) is 7.34. The van der Waals surface area contributed by atoms with E-state index < -0.39 is 0 Å². The Morgan fingerprint density at radius 3 is 2.71 bits per heavy atom. The molecule has 6 nitrogen and oxygen atoms in total. The first kappa shape index (κ1) is 18.7. The number of β-amino-alcohol motifs (C(OH)–C–C–N with tert-alkyl or cyclic N) is 1. The Bertz CT molecular complexity index is 837. The summed E-state index contributed by atoms with van der Waals surface area (Å²) in [5.41, 5.74) is 2.28. The molecule has 1 fully saturated rings. The van der Waals surface area contributed by atoms with Gasteiger partial charge in [0.2, 0.25) is 0 Å². The lowest BCUT2D eigenvalue weighted by Crippen LogP contribution is -2.21. The summed E-state index contributed by atoms with van der Waals surface area (Å²) in [6, 6.07) is 14.2. The number of benzene rings is 1. The summed E-state index contributed by atoms with van der Waals surface area (Å²) >= 11 is 0. The minimum absolute atomic E-state index is 0.237. The normalized spacial score (nSPS) is 19.8. The fraction of sp³-hybridized carbons (Fsp3) is 0.364. The Balaban J connectivity index is 1.25. The summed E-state index contributed by atoms with van der Waals surface area (Å²) in [7, 11) is 0. The third-order valence-electron chi connectivity index (χ3n) is 5.19. The molecule has 1 N–H and O–H groups in total. The molecule has 0 bridgehead atoms. The third kappa shape index (κ3) is 4.97. The van der Waals surface area contributed by atoms with Crippen molar-refractivity contribution in [3.63, 3.8) is 0 Å². The van der Waals surface area contributed by atoms with Crippen LogP contribution in [0.1, 0.15) is 11.3 Å². The molecule has 3 aromatic rings. The number of ether oxygens (including phenoxy) is 1. The second-order valence-corrected chi connectivity index (χ2v) is 7.34. The molecule has 1 aliphatic rings. The highest BCUT2D eigenvalue weighted by Gasteiger charge is 2.31. The minimum atomic E-state index is -0.298. The van der Waals surface area contributed by atoms with Gasteiger partial charge in [-0.1, -0.05) is 18.2 Å². The van der Waals surface area contributed by atoms with Crippen LogP contribution < -0.4 is 4.74 Å². The van der Waals surface area contributed by atoms with Crippen molar-refractivity contribution in [1.29, 1.82) is 0 Å². The summed E-state index contributed by atoms with van der Waals surface area (Å²) in [5.74, 6) is 1.11. The second kappa shape index (κ2) is 8.99. The number of aliphatic hydroxyl groups excluding tert-OH is 1. The molecule has 1 aromatic carbocycles. The van der Waals surface area contributed by atoms with Gasteiger partial charge in [-0.3, -0.25) is 9.88 Å². The van der Waals surface area contributed by atoms with Gasteiger partial charge in [0.25, 0.3) is 0 Å². The van der Waals surface area contributed by atoms with Crippen molar-refractivity contribution in [2.75, 3.05) is 19.7 Å². The molecule has 0 aliphatic carbocycles. The van der Waals surface area contributed by atoms with Crippen LogP contribution in [0.15, 0.2) is 67.4 Å². The van der Waals surface area contributed by atoms with Crippen LogP contribution in [0.25, 0.3) is 0 Å². The highest BCUT2D eigenvalue weighted by atomic mass is 16.5. The van der Waals surface area contributed by atoms with E-state index in [1.165, 1.54) is 5.56 Å². The van der Waals surface area contributed by atoms with Gasteiger partial charge in [-0.25, -0.2) is 4.98 Å². The zero-order chi connectivity index (χ0) is 19.2. The Morgan fingerprint density at radius 2 is 1.96 bits per heavy atom. The maximum absolute atomic E-state index is 10.4. The van der Waals surface area contributed by atoms with Crippen molar-refractivity contribution in [2.24, 2.45) is 5.92 Å². The summed E-state index contributed by atoms with van der Waals surface area (Å²) in [4.78, 5) is 10.7. The molecule has 1 saturated heterocycles. The average Bonchev–Trinajstić information content (AvgIpc) is 3.34. The van der Waals surface area contributed by atoms with Crippen molar-refractivity contribution in [3.05, 3.63) is 78.6 Å². The van der Waals surface area contributed by atoms with Crippen LogP contribution in [0, 0.1) is 5.92 Å². The number of nitrogens with zero attached hydrogens (tertiary/aromatic N) is 4. The number of aliphatic hydroxyl groups is 1. The Morgan fingerprint density at radius 1 is 1.07 bits per heavy atom. The molecule has 0 radical (unpaired) electrons. The SMILES string of the molecule is O[C@@H]1CN(Cc2ccc(OCCn3ccnc3)cc2)C[C@H]1Cc1ccccn1. The molecule has 0 saturated carbocycles. The first-order valence-corrected chi connectivity index (χ1v) is 9.74. The smallest absolute Gasteiger partial charge is 0.119 e. The van der Waals surface area contributed by atoms with Gasteiger partial charge in [-0.15, -0.1) is 0 Å². The zero-order valence-electron chi connectivity index (χ0n) is 15.9. The van der Waals surface area contributed by atoms with Gasteiger partial charge in [0.15, 0.2) is 0 Å². The molecule has 4 rings (SSSR count). The summed E-state index contributed by atoms with van der Waals surface area (Å²) in [5, 5.41) is 10.4. The number of imidazole rings is 1. The van der Waals surface area contributed by atoms with E-state index in [4.69, 9.17) is 4.74 Å². The van der Waals surface area contributed by atoms with Crippen molar-refractivity contribution in [3.8, 4) is 5.75 Å². The summed E-state index contributed by atoms with van der Waals surface area (Å²) in [6.45, 7) is 3.83.